The van der Waals surface area contributed by atoms with E-state index in [4.69, 9.17) is 0 Å². The van der Waals surface area contributed by atoms with E-state index in [9.17, 15) is 0 Å². The van der Waals surface area contributed by atoms with E-state index in [2.05, 4.69) is 65.7 Å². The zero-order valence-electron chi connectivity index (χ0n) is 13.2. The van der Waals surface area contributed by atoms with Gasteiger partial charge in [-0.15, -0.1) is 0 Å². The Kier molecular flexibility index (Phi) is 8.06. The minimum absolute atomic E-state index is 0.586. The molecular formula is C15H34N2. The first kappa shape index (κ1) is 16.9. The van der Waals surface area contributed by atoms with Crippen LogP contribution in [-0.2, 0) is 0 Å². The third-order valence-electron chi connectivity index (χ3n) is 3.82. The second kappa shape index (κ2) is 8.10. The molecule has 17 heavy (non-hydrogen) atoms. The van der Waals surface area contributed by atoms with Crippen molar-refractivity contribution in [2.45, 2.75) is 73.0 Å². The molecule has 0 radical (unpaired) electrons. The van der Waals surface area contributed by atoms with E-state index in [-0.39, 0.29) is 0 Å². The lowest BCUT2D eigenvalue weighted by atomic mass is 9.97. The quantitative estimate of drug-likeness (QED) is 0.702. The number of nitrogens with one attached hydrogen (secondary N) is 1. The molecule has 0 saturated heterocycles. The van der Waals surface area contributed by atoms with Crippen molar-refractivity contribution >= 4 is 0 Å². The van der Waals surface area contributed by atoms with Crippen LogP contribution in [0.2, 0.25) is 0 Å². The van der Waals surface area contributed by atoms with Gasteiger partial charge in [-0.25, -0.2) is 0 Å². The van der Waals surface area contributed by atoms with Gasteiger partial charge in [-0.05, 0) is 45.7 Å². The number of hydrogen-bond donors (Lipinski definition) is 1. The minimum Gasteiger partial charge on any atom is -0.314 e. The highest BCUT2D eigenvalue weighted by Crippen LogP contribution is 2.16. The third kappa shape index (κ3) is 7.05. The monoisotopic (exact) mass is 242 g/mol. The Morgan fingerprint density at radius 1 is 0.941 bits per heavy atom. The lowest BCUT2D eigenvalue weighted by Gasteiger charge is -2.35. The van der Waals surface area contributed by atoms with Gasteiger partial charge in [0.05, 0.1) is 0 Å². The van der Waals surface area contributed by atoms with Crippen molar-refractivity contribution in [2.75, 3.05) is 13.6 Å². The van der Waals surface area contributed by atoms with Crippen molar-refractivity contribution in [2.24, 2.45) is 11.8 Å². The summed E-state index contributed by atoms with van der Waals surface area (Å²) in [5.41, 5.74) is 0. The van der Waals surface area contributed by atoms with Gasteiger partial charge in [0.1, 0.15) is 0 Å². The predicted molar refractivity (Wildman–Crippen MR) is 78.4 cm³/mol. The van der Waals surface area contributed by atoms with Crippen LogP contribution in [0.15, 0.2) is 0 Å². The van der Waals surface area contributed by atoms with Crippen LogP contribution >= 0.6 is 0 Å². The Morgan fingerprint density at radius 3 is 1.88 bits per heavy atom. The van der Waals surface area contributed by atoms with Crippen molar-refractivity contribution in [3.63, 3.8) is 0 Å². The van der Waals surface area contributed by atoms with E-state index in [1.54, 1.807) is 0 Å². The highest BCUT2D eigenvalue weighted by molar-refractivity contribution is 4.77. The molecule has 0 bridgehead atoms. The SMILES string of the molecule is CC(C)CC(C)N(C)C(C)C(C)CNC(C)C. The maximum absolute atomic E-state index is 3.53. The molecule has 0 saturated carbocycles. The van der Waals surface area contributed by atoms with Gasteiger partial charge in [-0.3, -0.25) is 0 Å². The molecule has 0 aromatic carbocycles. The number of hydrogen-bond acceptors (Lipinski definition) is 2. The summed E-state index contributed by atoms with van der Waals surface area (Å²) in [5, 5.41) is 3.53. The van der Waals surface area contributed by atoms with Crippen LogP contribution in [0.3, 0.4) is 0 Å². The fraction of sp³-hybridized carbons (Fsp3) is 1.00. The first-order chi connectivity index (χ1) is 7.75. The highest BCUT2D eigenvalue weighted by Gasteiger charge is 2.21. The summed E-state index contributed by atoms with van der Waals surface area (Å²) < 4.78 is 0. The van der Waals surface area contributed by atoms with E-state index in [1.807, 2.05) is 0 Å². The van der Waals surface area contributed by atoms with Crippen LogP contribution < -0.4 is 5.32 Å². The summed E-state index contributed by atoms with van der Waals surface area (Å²) in [6.45, 7) is 17.2. The summed E-state index contributed by atoms with van der Waals surface area (Å²) in [6.07, 6.45) is 1.28. The van der Waals surface area contributed by atoms with Crippen LogP contribution in [0.25, 0.3) is 0 Å². The average Bonchev–Trinajstić information content (AvgIpc) is 2.22. The first-order valence-electron chi connectivity index (χ1n) is 7.21. The van der Waals surface area contributed by atoms with Gasteiger partial charge in [0.2, 0.25) is 0 Å². The third-order valence-corrected chi connectivity index (χ3v) is 3.82. The second-order valence-corrected chi connectivity index (χ2v) is 6.42. The fourth-order valence-electron chi connectivity index (χ4n) is 2.24. The molecule has 0 aromatic rings. The molecule has 0 heterocycles. The zero-order chi connectivity index (χ0) is 13.6. The summed E-state index contributed by atoms with van der Waals surface area (Å²) >= 11 is 0. The zero-order valence-corrected chi connectivity index (χ0v) is 13.2. The van der Waals surface area contributed by atoms with Gasteiger partial charge in [0, 0.05) is 18.1 Å². The molecule has 3 atom stereocenters. The molecule has 0 aromatic heterocycles. The molecule has 2 heteroatoms. The van der Waals surface area contributed by atoms with Crippen LogP contribution in [0.5, 0.6) is 0 Å². The Morgan fingerprint density at radius 2 is 1.47 bits per heavy atom. The van der Waals surface area contributed by atoms with Crippen LogP contribution in [0.1, 0.15) is 54.9 Å². The molecule has 104 valence electrons. The smallest absolute Gasteiger partial charge is 0.0104 e. The second-order valence-electron chi connectivity index (χ2n) is 6.42. The Hall–Kier alpha value is -0.0800. The van der Waals surface area contributed by atoms with Gasteiger partial charge in [0.15, 0.2) is 0 Å². The number of rotatable bonds is 8. The van der Waals surface area contributed by atoms with E-state index in [1.165, 1.54) is 6.42 Å². The molecule has 0 spiro atoms. The van der Waals surface area contributed by atoms with Gasteiger partial charge >= 0.3 is 0 Å². The minimum atomic E-state index is 0.586. The maximum atomic E-state index is 3.53. The summed E-state index contributed by atoms with van der Waals surface area (Å²) in [5.74, 6) is 1.47. The van der Waals surface area contributed by atoms with Crippen molar-refractivity contribution in [1.82, 2.24) is 10.2 Å². The van der Waals surface area contributed by atoms with Gasteiger partial charge in [-0.2, -0.15) is 0 Å². The van der Waals surface area contributed by atoms with Crippen molar-refractivity contribution in [1.29, 1.82) is 0 Å². The van der Waals surface area contributed by atoms with Crippen LogP contribution in [0, 0.1) is 11.8 Å². The molecule has 0 rings (SSSR count). The lowest BCUT2D eigenvalue weighted by molar-refractivity contribution is 0.134. The highest BCUT2D eigenvalue weighted by atomic mass is 15.2. The largest absolute Gasteiger partial charge is 0.314 e. The predicted octanol–water partition coefficient (Wildman–Crippen LogP) is 3.38. The van der Waals surface area contributed by atoms with Gasteiger partial charge in [-0.1, -0.05) is 34.6 Å². The lowest BCUT2D eigenvalue weighted by Crippen LogP contribution is -2.44. The van der Waals surface area contributed by atoms with Gasteiger partial charge in [0.25, 0.3) is 0 Å². The van der Waals surface area contributed by atoms with Crippen LogP contribution in [0.4, 0.5) is 0 Å². The van der Waals surface area contributed by atoms with E-state index in [0.717, 1.165) is 12.5 Å². The molecule has 2 nitrogen and oxygen atoms in total. The molecule has 1 N–H and O–H groups in total. The Labute approximate surface area is 109 Å². The van der Waals surface area contributed by atoms with Crippen molar-refractivity contribution in [3.8, 4) is 0 Å². The molecule has 0 aliphatic rings. The van der Waals surface area contributed by atoms with Crippen LogP contribution in [-0.4, -0.2) is 36.6 Å². The van der Waals surface area contributed by atoms with E-state index >= 15 is 0 Å². The molecular weight excluding hydrogens is 208 g/mol. The summed E-state index contributed by atoms with van der Waals surface area (Å²) in [7, 11) is 2.27. The van der Waals surface area contributed by atoms with E-state index in [0.29, 0.717) is 24.0 Å². The average molecular weight is 242 g/mol. The molecule has 0 aliphatic heterocycles. The standard InChI is InChI=1S/C15H34N2/c1-11(2)9-14(6)17(8)15(7)13(5)10-16-12(3)4/h11-16H,9-10H2,1-8H3. The molecule has 3 unspecified atom stereocenters. The van der Waals surface area contributed by atoms with Crippen molar-refractivity contribution < 1.29 is 0 Å². The van der Waals surface area contributed by atoms with E-state index < -0.39 is 0 Å². The maximum Gasteiger partial charge on any atom is 0.0104 e. The van der Waals surface area contributed by atoms with Gasteiger partial charge < -0.3 is 10.2 Å². The molecule has 0 aliphatic carbocycles. The fourth-order valence-corrected chi connectivity index (χ4v) is 2.24. The summed E-state index contributed by atoms with van der Waals surface area (Å²) in [4.78, 5) is 2.53. The molecule has 0 fully saturated rings. The van der Waals surface area contributed by atoms with Crippen molar-refractivity contribution in [3.05, 3.63) is 0 Å². The normalized spacial score (nSPS) is 17.8. The molecule has 0 amide bonds. The Balaban J connectivity index is 4.13. The Bertz CT molecular complexity index is 189. The topological polar surface area (TPSA) is 15.3 Å². The number of nitrogens with zero attached hydrogens (tertiary/aromatic N) is 1. The summed E-state index contributed by atoms with van der Waals surface area (Å²) in [6, 6.07) is 1.89. The first-order valence-corrected chi connectivity index (χ1v) is 7.21.